The number of nitrogens with zero attached hydrogens (tertiary/aromatic N) is 3. The minimum Gasteiger partial charge on any atom is -0.376 e. The zero-order valence-corrected chi connectivity index (χ0v) is 19.5. The summed E-state index contributed by atoms with van der Waals surface area (Å²) in [5.74, 6) is 0.0545. The smallest absolute Gasteiger partial charge is 0.239 e. The van der Waals surface area contributed by atoms with E-state index < -0.39 is 0 Å². The van der Waals surface area contributed by atoms with E-state index in [1.54, 1.807) is 16.2 Å². The van der Waals surface area contributed by atoms with Crippen molar-refractivity contribution in [2.75, 3.05) is 25.4 Å². The number of nitrogens with one attached hydrogen (secondary N) is 1. The van der Waals surface area contributed by atoms with E-state index in [2.05, 4.69) is 21.8 Å². The number of imidazole rings is 1. The zero-order chi connectivity index (χ0) is 21.5. The van der Waals surface area contributed by atoms with Gasteiger partial charge in [-0.2, -0.15) is 0 Å². The first-order valence-corrected chi connectivity index (χ1v) is 12.2. The van der Waals surface area contributed by atoms with Crippen LogP contribution in [-0.2, 0) is 27.4 Å². The summed E-state index contributed by atoms with van der Waals surface area (Å²) in [5, 5.41) is 5.70. The van der Waals surface area contributed by atoms with Crippen LogP contribution < -0.4 is 5.32 Å². The Kier molecular flexibility index (Phi) is 8.35. The lowest BCUT2D eigenvalue weighted by molar-refractivity contribution is -0.133. The molecule has 0 unspecified atom stereocenters. The second-order valence-corrected chi connectivity index (χ2v) is 9.34. The summed E-state index contributed by atoms with van der Waals surface area (Å²) in [7, 11) is 0. The minimum absolute atomic E-state index is 0.0595. The van der Waals surface area contributed by atoms with Crippen molar-refractivity contribution in [3.05, 3.63) is 33.8 Å². The lowest BCUT2D eigenvalue weighted by Crippen LogP contribution is -2.41. The number of thiophene rings is 1. The topological polar surface area (TPSA) is 76.5 Å². The van der Waals surface area contributed by atoms with E-state index in [-0.39, 0.29) is 30.2 Å². The molecule has 1 aliphatic rings. The van der Waals surface area contributed by atoms with Gasteiger partial charge in [0.25, 0.3) is 0 Å². The van der Waals surface area contributed by atoms with Crippen LogP contribution in [0.25, 0.3) is 0 Å². The number of likely N-dealkylation sites (N-methyl/N-ethyl adjacent to an activating group) is 1. The Labute approximate surface area is 186 Å². The van der Waals surface area contributed by atoms with Gasteiger partial charge in [-0.3, -0.25) is 9.59 Å². The molecule has 0 radical (unpaired) electrons. The molecule has 3 heterocycles. The van der Waals surface area contributed by atoms with Crippen LogP contribution in [0.15, 0.2) is 22.7 Å². The fraction of sp³-hybridized carbons (Fsp3) is 0.571. The monoisotopic (exact) mass is 450 g/mol. The highest BCUT2D eigenvalue weighted by Gasteiger charge is 2.22. The van der Waals surface area contributed by atoms with Crippen molar-refractivity contribution in [3.63, 3.8) is 0 Å². The average Bonchev–Trinajstić information content (AvgIpc) is 3.48. The summed E-state index contributed by atoms with van der Waals surface area (Å²) in [4.78, 5) is 32.3. The highest BCUT2D eigenvalue weighted by Crippen LogP contribution is 2.24. The SMILES string of the molecule is CCN(CC(=O)NCc1cccs1)C(=O)CSc1nc(C)c(C)n1C[C@H]1CCCO1. The Bertz CT molecular complexity index is 845. The van der Waals surface area contributed by atoms with E-state index in [4.69, 9.17) is 4.74 Å². The molecule has 1 N–H and O–H groups in total. The number of hydrogen-bond acceptors (Lipinski definition) is 6. The molecule has 0 aliphatic carbocycles. The van der Waals surface area contributed by atoms with Gasteiger partial charge in [0, 0.05) is 23.7 Å². The van der Waals surface area contributed by atoms with Crippen molar-refractivity contribution in [1.82, 2.24) is 19.8 Å². The van der Waals surface area contributed by atoms with Crippen LogP contribution in [0, 0.1) is 13.8 Å². The molecule has 2 amide bonds. The van der Waals surface area contributed by atoms with E-state index in [0.29, 0.717) is 13.1 Å². The maximum atomic E-state index is 12.7. The number of aromatic nitrogens is 2. The van der Waals surface area contributed by atoms with Gasteiger partial charge >= 0.3 is 0 Å². The Balaban J connectivity index is 1.53. The third kappa shape index (κ3) is 6.09. The quantitative estimate of drug-likeness (QED) is 0.563. The van der Waals surface area contributed by atoms with Crippen LogP contribution in [0.2, 0.25) is 0 Å². The maximum absolute atomic E-state index is 12.7. The fourth-order valence-electron chi connectivity index (χ4n) is 3.36. The number of amides is 2. The molecule has 7 nitrogen and oxygen atoms in total. The van der Waals surface area contributed by atoms with E-state index in [1.807, 2.05) is 31.4 Å². The third-order valence-corrected chi connectivity index (χ3v) is 7.10. The number of carbonyl (C=O) groups is 2. The Morgan fingerprint density at radius 1 is 1.43 bits per heavy atom. The van der Waals surface area contributed by atoms with Gasteiger partial charge in [-0.25, -0.2) is 4.98 Å². The molecule has 1 fully saturated rings. The molecule has 0 bridgehead atoms. The molecule has 164 valence electrons. The standard InChI is InChI=1S/C21H30N4O3S2/c1-4-24(13-19(26)22-11-18-8-6-10-29-18)20(27)14-30-21-23-15(2)16(3)25(21)12-17-7-5-9-28-17/h6,8,10,17H,4-5,7,9,11-14H2,1-3H3,(H,22,26)/t17-/m1/s1. The van der Waals surface area contributed by atoms with Crippen molar-refractivity contribution in [1.29, 1.82) is 0 Å². The molecule has 2 aromatic heterocycles. The van der Waals surface area contributed by atoms with Gasteiger partial charge in [-0.15, -0.1) is 11.3 Å². The molecule has 9 heteroatoms. The summed E-state index contributed by atoms with van der Waals surface area (Å²) in [6.07, 6.45) is 2.37. The minimum atomic E-state index is -0.143. The summed E-state index contributed by atoms with van der Waals surface area (Å²) in [5.41, 5.74) is 2.09. The lowest BCUT2D eigenvalue weighted by Gasteiger charge is -2.20. The van der Waals surface area contributed by atoms with E-state index >= 15 is 0 Å². The first-order valence-electron chi connectivity index (χ1n) is 10.3. The molecule has 30 heavy (non-hydrogen) atoms. The highest BCUT2D eigenvalue weighted by molar-refractivity contribution is 7.99. The number of ether oxygens (including phenoxy) is 1. The number of thioether (sulfide) groups is 1. The van der Waals surface area contributed by atoms with Crippen LogP contribution in [0.4, 0.5) is 0 Å². The molecule has 3 rings (SSSR count). The molecular weight excluding hydrogens is 420 g/mol. The first-order chi connectivity index (χ1) is 14.5. The second kappa shape index (κ2) is 11.0. The van der Waals surface area contributed by atoms with Crippen molar-refractivity contribution in [2.24, 2.45) is 0 Å². The molecule has 0 spiro atoms. The molecule has 1 atom stereocenters. The Morgan fingerprint density at radius 3 is 2.93 bits per heavy atom. The third-order valence-electron chi connectivity index (χ3n) is 5.27. The Hall–Kier alpha value is -1.84. The maximum Gasteiger partial charge on any atom is 0.239 e. The normalized spacial score (nSPS) is 16.0. The number of hydrogen-bond donors (Lipinski definition) is 1. The zero-order valence-electron chi connectivity index (χ0n) is 17.8. The molecular formula is C21H30N4O3S2. The van der Waals surface area contributed by atoms with Crippen LogP contribution in [0.3, 0.4) is 0 Å². The fourth-order valence-corrected chi connectivity index (χ4v) is 5.01. The van der Waals surface area contributed by atoms with Crippen molar-refractivity contribution in [3.8, 4) is 0 Å². The van der Waals surface area contributed by atoms with Gasteiger partial charge in [0.2, 0.25) is 11.8 Å². The van der Waals surface area contributed by atoms with Gasteiger partial charge in [-0.1, -0.05) is 17.8 Å². The largest absolute Gasteiger partial charge is 0.376 e. The van der Waals surface area contributed by atoms with Gasteiger partial charge < -0.3 is 19.5 Å². The van der Waals surface area contributed by atoms with Crippen molar-refractivity contribution >= 4 is 34.9 Å². The van der Waals surface area contributed by atoms with Crippen LogP contribution in [0.1, 0.15) is 36.0 Å². The Morgan fingerprint density at radius 2 is 2.27 bits per heavy atom. The van der Waals surface area contributed by atoms with Gasteiger partial charge in [0.05, 0.1) is 37.2 Å². The average molecular weight is 451 g/mol. The van der Waals surface area contributed by atoms with E-state index in [9.17, 15) is 9.59 Å². The summed E-state index contributed by atoms with van der Waals surface area (Å²) in [6, 6.07) is 3.93. The molecule has 1 saturated heterocycles. The summed E-state index contributed by atoms with van der Waals surface area (Å²) >= 11 is 3.03. The van der Waals surface area contributed by atoms with Crippen LogP contribution in [-0.4, -0.2) is 57.8 Å². The molecule has 2 aromatic rings. The number of rotatable bonds is 10. The number of aryl methyl sites for hydroxylation is 1. The first kappa shape index (κ1) is 22.8. The van der Waals surface area contributed by atoms with E-state index in [1.165, 1.54) is 11.8 Å². The molecule has 0 saturated carbocycles. The predicted molar refractivity (Wildman–Crippen MR) is 120 cm³/mol. The van der Waals surface area contributed by atoms with Crippen molar-refractivity contribution < 1.29 is 14.3 Å². The lowest BCUT2D eigenvalue weighted by atomic mass is 10.2. The van der Waals surface area contributed by atoms with Crippen LogP contribution in [0.5, 0.6) is 0 Å². The van der Waals surface area contributed by atoms with Gasteiger partial charge in [0.1, 0.15) is 0 Å². The second-order valence-electron chi connectivity index (χ2n) is 7.36. The molecule has 0 aromatic carbocycles. The van der Waals surface area contributed by atoms with Gasteiger partial charge in [0.15, 0.2) is 5.16 Å². The highest BCUT2D eigenvalue weighted by atomic mass is 32.2. The molecule has 1 aliphatic heterocycles. The number of carbonyl (C=O) groups excluding carboxylic acids is 2. The predicted octanol–water partition coefficient (Wildman–Crippen LogP) is 3.00. The van der Waals surface area contributed by atoms with E-state index in [0.717, 1.165) is 47.4 Å². The van der Waals surface area contributed by atoms with Crippen LogP contribution >= 0.6 is 23.1 Å². The van der Waals surface area contributed by atoms with Crippen molar-refractivity contribution in [2.45, 2.75) is 58.0 Å². The summed E-state index contributed by atoms with van der Waals surface area (Å²) in [6.45, 7) is 8.59. The summed E-state index contributed by atoms with van der Waals surface area (Å²) < 4.78 is 7.93. The van der Waals surface area contributed by atoms with Gasteiger partial charge in [-0.05, 0) is 45.1 Å².